The first-order chi connectivity index (χ1) is 9.48. The molecular weight excluding hydrogens is 278 g/mol. The molecule has 3 N–H and O–H groups in total. The van der Waals surface area contributed by atoms with Crippen molar-refractivity contribution in [2.45, 2.75) is 50.7 Å². The summed E-state index contributed by atoms with van der Waals surface area (Å²) in [6.45, 7) is 5.34. The van der Waals surface area contributed by atoms with E-state index in [1.807, 2.05) is 18.4 Å². The molecule has 0 aliphatic heterocycles. The molecule has 1 heterocycles. The molecule has 7 heteroatoms. The Morgan fingerprint density at radius 1 is 1.45 bits per heavy atom. The Bertz CT molecular complexity index is 483. The van der Waals surface area contributed by atoms with Crippen LogP contribution in [0.4, 0.5) is 0 Å². The molecule has 1 rings (SSSR count). The molecular formula is C13H25N3O3S. The topological polar surface area (TPSA) is 86.3 Å². The zero-order valence-corrected chi connectivity index (χ0v) is 13.2. The maximum absolute atomic E-state index is 12.4. The molecule has 0 aromatic carbocycles. The molecule has 0 saturated carbocycles. The van der Waals surface area contributed by atoms with Gasteiger partial charge in [0.05, 0.1) is 11.5 Å². The number of sulfonamides is 1. The number of rotatable bonds is 9. The lowest BCUT2D eigenvalue weighted by Crippen LogP contribution is -2.37. The summed E-state index contributed by atoms with van der Waals surface area (Å²) < 4.78 is 34.3. The summed E-state index contributed by atoms with van der Waals surface area (Å²) in [6.07, 6.45) is 3.26. The summed E-state index contributed by atoms with van der Waals surface area (Å²) in [4.78, 5) is 0.261. The standard InChI is InChI=1S/C13H25N3O3S/c1-4-6-11(10-19-3)15-20(17,18)13-7-12(8-14)16(5-2)9-13/h7,9,11,15H,4-6,8,10,14H2,1-3H3. The van der Waals surface area contributed by atoms with Gasteiger partial charge in [-0.1, -0.05) is 13.3 Å². The molecule has 1 atom stereocenters. The van der Waals surface area contributed by atoms with Crippen LogP contribution in [0.2, 0.25) is 0 Å². The smallest absolute Gasteiger partial charge is 0.242 e. The van der Waals surface area contributed by atoms with Crippen molar-refractivity contribution in [2.24, 2.45) is 5.73 Å². The van der Waals surface area contributed by atoms with Crippen LogP contribution in [0.3, 0.4) is 0 Å². The van der Waals surface area contributed by atoms with Crippen LogP contribution in [-0.2, 0) is 27.8 Å². The van der Waals surface area contributed by atoms with Crippen molar-refractivity contribution in [1.29, 1.82) is 0 Å². The maximum atomic E-state index is 12.4. The van der Waals surface area contributed by atoms with Gasteiger partial charge in [0.2, 0.25) is 10.0 Å². The van der Waals surface area contributed by atoms with Gasteiger partial charge in [-0.3, -0.25) is 0 Å². The van der Waals surface area contributed by atoms with Crippen LogP contribution in [0.15, 0.2) is 17.2 Å². The van der Waals surface area contributed by atoms with Crippen molar-refractivity contribution >= 4 is 10.0 Å². The van der Waals surface area contributed by atoms with E-state index >= 15 is 0 Å². The van der Waals surface area contributed by atoms with E-state index in [0.717, 1.165) is 18.5 Å². The van der Waals surface area contributed by atoms with Crippen LogP contribution in [0, 0.1) is 0 Å². The van der Waals surface area contributed by atoms with E-state index in [0.29, 0.717) is 19.7 Å². The Labute approximate surface area is 121 Å². The summed E-state index contributed by atoms with van der Waals surface area (Å²) in [5, 5.41) is 0. The van der Waals surface area contributed by atoms with E-state index in [1.54, 1.807) is 19.4 Å². The Kier molecular flexibility index (Phi) is 6.67. The van der Waals surface area contributed by atoms with Crippen molar-refractivity contribution in [3.05, 3.63) is 18.0 Å². The van der Waals surface area contributed by atoms with Crippen molar-refractivity contribution in [3.8, 4) is 0 Å². The number of nitrogens with two attached hydrogens (primary N) is 1. The SMILES string of the molecule is CCCC(COC)NS(=O)(=O)c1cc(CN)n(CC)c1. The fourth-order valence-corrected chi connectivity index (χ4v) is 3.47. The average Bonchev–Trinajstić information content (AvgIpc) is 2.83. The molecule has 0 spiro atoms. The molecule has 0 aliphatic carbocycles. The molecule has 1 unspecified atom stereocenters. The minimum Gasteiger partial charge on any atom is -0.383 e. The number of hydrogen-bond donors (Lipinski definition) is 2. The van der Waals surface area contributed by atoms with Crippen LogP contribution < -0.4 is 10.5 Å². The average molecular weight is 303 g/mol. The van der Waals surface area contributed by atoms with Crippen molar-refractivity contribution in [3.63, 3.8) is 0 Å². The van der Waals surface area contributed by atoms with Crippen LogP contribution in [0.25, 0.3) is 0 Å². The van der Waals surface area contributed by atoms with Gasteiger partial charge in [-0.2, -0.15) is 0 Å². The van der Waals surface area contributed by atoms with Gasteiger partial charge in [-0.05, 0) is 19.4 Å². The molecule has 0 fully saturated rings. The zero-order valence-electron chi connectivity index (χ0n) is 12.4. The predicted octanol–water partition coefficient (Wildman–Crippen LogP) is 1.06. The van der Waals surface area contributed by atoms with Gasteiger partial charge < -0.3 is 15.0 Å². The Morgan fingerprint density at radius 3 is 2.60 bits per heavy atom. The third-order valence-electron chi connectivity index (χ3n) is 3.15. The first-order valence-electron chi connectivity index (χ1n) is 6.88. The lowest BCUT2D eigenvalue weighted by Gasteiger charge is -2.16. The number of nitrogens with one attached hydrogen (secondary N) is 1. The van der Waals surface area contributed by atoms with E-state index in [1.165, 1.54) is 0 Å². The van der Waals surface area contributed by atoms with Gasteiger partial charge in [0.15, 0.2) is 0 Å². The van der Waals surface area contributed by atoms with Crippen LogP contribution in [-0.4, -0.2) is 32.7 Å². The minimum atomic E-state index is -3.53. The molecule has 6 nitrogen and oxygen atoms in total. The fourth-order valence-electron chi connectivity index (χ4n) is 2.15. The molecule has 0 amide bonds. The molecule has 1 aromatic heterocycles. The first kappa shape index (κ1) is 17.2. The zero-order chi connectivity index (χ0) is 15.2. The fraction of sp³-hybridized carbons (Fsp3) is 0.692. The third-order valence-corrected chi connectivity index (χ3v) is 4.64. The van der Waals surface area contributed by atoms with Crippen LogP contribution >= 0.6 is 0 Å². The van der Waals surface area contributed by atoms with E-state index in [9.17, 15) is 8.42 Å². The second kappa shape index (κ2) is 7.78. The highest BCUT2D eigenvalue weighted by atomic mass is 32.2. The van der Waals surface area contributed by atoms with E-state index in [2.05, 4.69) is 4.72 Å². The molecule has 0 bridgehead atoms. The van der Waals surface area contributed by atoms with E-state index < -0.39 is 10.0 Å². The van der Waals surface area contributed by atoms with Gasteiger partial charge in [0.1, 0.15) is 0 Å². The quantitative estimate of drug-likeness (QED) is 0.714. The highest BCUT2D eigenvalue weighted by Gasteiger charge is 2.21. The lowest BCUT2D eigenvalue weighted by molar-refractivity contribution is 0.171. The van der Waals surface area contributed by atoms with Gasteiger partial charge in [0.25, 0.3) is 0 Å². The number of aryl methyl sites for hydroxylation is 1. The largest absolute Gasteiger partial charge is 0.383 e. The second-order valence-corrected chi connectivity index (χ2v) is 6.43. The van der Waals surface area contributed by atoms with Gasteiger partial charge in [-0.15, -0.1) is 0 Å². The van der Waals surface area contributed by atoms with E-state index in [-0.39, 0.29) is 10.9 Å². The number of methoxy groups -OCH3 is 1. The molecule has 0 radical (unpaired) electrons. The van der Waals surface area contributed by atoms with Crippen LogP contribution in [0.5, 0.6) is 0 Å². The number of ether oxygens (including phenoxy) is 1. The Hall–Kier alpha value is -0.890. The molecule has 116 valence electrons. The highest BCUT2D eigenvalue weighted by molar-refractivity contribution is 7.89. The number of aromatic nitrogens is 1. The predicted molar refractivity (Wildman–Crippen MR) is 78.9 cm³/mol. The number of hydrogen-bond acceptors (Lipinski definition) is 4. The Balaban J connectivity index is 2.94. The third kappa shape index (κ3) is 4.31. The van der Waals surface area contributed by atoms with E-state index in [4.69, 9.17) is 10.5 Å². The van der Waals surface area contributed by atoms with Crippen LogP contribution in [0.1, 0.15) is 32.4 Å². The molecule has 0 saturated heterocycles. The summed E-state index contributed by atoms with van der Waals surface area (Å²) >= 11 is 0. The summed E-state index contributed by atoms with van der Waals surface area (Å²) in [5.41, 5.74) is 6.44. The van der Waals surface area contributed by atoms with Gasteiger partial charge in [0, 0.05) is 38.1 Å². The van der Waals surface area contributed by atoms with Gasteiger partial charge >= 0.3 is 0 Å². The van der Waals surface area contributed by atoms with Crippen molar-refractivity contribution < 1.29 is 13.2 Å². The minimum absolute atomic E-state index is 0.207. The summed E-state index contributed by atoms with van der Waals surface area (Å²) in [7, 11) is -1.97. The maximum Gasteiger partial charge on any atom is 0.242 e. The monoisotopic (exact) mass is 303 g/mol. The Morgan fingerprint density at radius 2 is 2.15 bits per heavy atom. The lowest BCUT2D eigenvalue weighted by atomic mass is 10.2. The second-order valence-electron chi connectivity index (χ2n) is 4.72. The normalized spacial score (nSPS) is 13.6. The van der Waals surface area contributed by atoms with Crippen molar-refractivity contribution in [2.75, 3.05) is 13.7 Å². The van der Waals surface area contributed by atoms with Gasteiger partial charge in [-0.25, -0.2) is 13.1 Å². The molecule has 1 aromatic rings. The molecule has 20 heavy (non-hydrogen) atoms. The molecule has 0 aliphatic rings. The summed E-state index contributed by atoms with van der Waals surface area (Å²) in [5.74, 6) is 0. The highest BCUT2D eigenvalue weighted by Crippen LogP contribution is 2.15. The first-order valence-corrected chi connectivity index (χ1v) is 8.37. The van der Waals surface area contributed by atoms with Crippen molar-refractivity contribution in [1.82, 2.24) is 9.29 Å². The number of nitrogens with zero attached hydrogens (tertiary/aromatic N) is 1. The summed E-state index contributed by atoms with van der Waals surface area (Å²) in [6, 6.07) is 1.42.